The minimum absolute atomic E-state index is 0.0344. The van der Waals surface area contributed by atoms with E-state index < -0.39 is 12.8 Å². The number of aromatic nitrogens is 2. The largest absolute Gasteiger partial charge is 0.411 e. The molecule has 0 atom stereocenters. The lowest BCUT2D eigenvalue weighted by Gasteiger charge is -2.08. The van der Waals surface area contributed by atoms with Crippen LogP contribution in [0.1, 0.15) is 24.9 Å². The summed E-state index contributed by atoms with van der Waals surface area (Å²) in [7, 11) is 0. The summed E-state index contributed by atoms with van der Waals surface area (Å²) in [6, 6.07) is 1.76. The van der Waals surface area contributed by atoms with E-state index in [0.717, 1.165) is 18.5 Å². The monoisotopic (exact) mass is 280 g/mol. The summed E-state index contributed by atoms with van der Waals surface area (Å²) in [6.45, 7) is 0.763. The van der Waals surface area contributed by atoms with Crippen LogP contribution in [0.25, 0.3) is 0 Å². The van der Waals surface area contributed by atoms with Crippen molar-refractivity contribution >= 4 is 12.2 Å². The third kappa shape index (κ3) is 6.11. The fourth-order valence-corrected chi connectivity index (χ4v) is 1.70. The normalized spacial score (nSPS) is 11.8. The molecule has 0 radical (unpaired) electrons. The van der Waals surface area contributed by atoms with Gasteiger partial charge in [0.25, 0.3) is 0 Å². The molecule has 3 nitrogen and oxygen atoms in total. The fraction of sp³-hybridized carbons (Fsp3) is 0.636. The number of nitrogens with one attached hydrogen (secondary N) is 1. The first kappa shape index (κ1) is 15.1. The molecule has 0 unspecified atom stereocenters. The minimum Gasteiger partial charge on any atom is -0.372 e. The number of hydrogen-bond acceptors (Lipinski definition) is 3. The van der Waals surface area contributed by atoms with Gasteiger partial charge in [0, 0.05) is 12.1 Å². The van der Waals surface area contributed by atoms with E-state index in [9.17, 15) is 13.2 Å². The van der Waals surface area contributed by atoms with E-state index >= 15 is 0 Å². The minimum atomic E-state index is -4.29. The van der Waals surface area contributed by atoms with Gasteiger partial charge in [0.1, 0.15) is 17.1 Å². The van der Waals surface area contributed by atoms with Crippen LogP contribution in [-0.4, -0.2) is 29.4 Å². The molecule has 0 aliphatic carbocycles. The molecule has 0 bridgehead atoms. The van der Waals surface area contributed by atoms with Crippen molar-refractivity contribution in [2.24, 2.45) is 0 Å². The van der Waals surface area contributed by atoms with Gasteiger partial charge in [0.15, 0.2) is 0 Å². The van der Waals surface area contributed by atoms with Crippen LogP contribution in [0, 0.1) is 4.64 Å². The molecular formula is C11H15F3N2OS. The highest BCUT2D eigenvalue weighted by Gasteiger charge is 2.27. The van der Waals surface area contributed by atoms with Crippen LogP contribution < -0.4 is 0 Å². The maximum absolute atomic E-state index is 11.8. The Morgan fingerprint density at radius 1 is 1.39 bits per heavy atom. The van der Waals surface area contributed by atoms with Gasteiger partial charge in [0.2, 0.25) is 0 Å². The second kappa shape index (κ2) is 6.84. The quantitative estimate of drug-likeness (QED) is 0.642. The standard InChI is InChI=1S/C11H15F3N2OS/c1-2-3-8-6-10(18)16-9(15-8)4-5-17-7-11(12,13)14/h6H,2-5,7H2,1H3,(H,15,16,18). The molecule has 1 rings (SSSR count). The average molecular weight is 280 g/mol. The number of ether oxygens (including phenoxy) is 1. The van der Waals surface area contributed by atoms with Gasteiger partial charge in [-0.3, -0.25) is 0 Å². The molecule has 1 aromatic heterocycles. The summed E-state index contributed by atoms with van der Waals surface area (Å²) in [5, 5.41) is 0. The van der Waals surface area contributed by atoms with E-state index in [0.29, 0.717) is 10.5 Å². The van der Waals surface area contributed by atoms with Crippen LogP contribution >= 0.6 is 12.2 Å². The zero-order valence-electron chi connectivity index (χ0n) is 10.0. The summed E-state index contributed by atoms with van der Waals surface area (Å²) in [6.07, 6.45) is -2.20. The van der Waals surface area contributed by atoms with Crippen LogP contribution in [0.4, 0.5) is 13.2 Å². The maximum atomic E-state index is 11.8. The van der Waals surface area contributed by atoms with Gasteiger partial charge in [-0.1, -0.05) is 25.6 Å². The molecule has 1 aromatic rings. The summed E-state index contributed by atoms with van der Waals surface area (Å²) in [5.74, 6) is 0.563. The lowest BCUT2D eigenvalue weighted by Crippen LogP contribution is -2.18. The van der Waals surface area contributed by atoms with Crippen molar-refractivity contribution in [2.75, 3.05) is 13.2 Å². The predicted molar refractivity (Wildman–Crippen MR) is 64.0 cm³/mol. The van der Waals surface area contributed by atoms with E-state index in [-0.39, 0.29) is 13.0 Å². The maximum Gasteiger partial charge on any atom is 0.411 e. The molecule has 0 aliphatic heterocycles. The summed E-state index contributed by atoms with van der Waals surface area (Å²) < 4.78 is 40.5. The van der Waals surface area contributed by atoms with Crippen molar-refractivity contribution in [3.8, 4) is 0 Å². The first-order valence-corrected chi connectivity index (χ1v) is 6.05. The van der Waals surface area contributed by atoms with Crippen molar-refractivity contribution in [2.45, 2.75) is 32.4 Å². The molecule has 102 valence electrons. The van der Waals surface area contributed by atoms with Gasteiger partial charge in [0.05, 0.1) is 6.61 Å². The number of halogens is 3. The highest BCUT2D eigenvalue weighted by molar-refractivity contribution is 7.71. The van der Waals surface area contributed by atoms with Crippen LogP contribution in [0.15, 0.2) is 6.07 Å². The number of hydrogen-bond donors (Lipinski definition) is 1. The van der Waals surface area contributed by atoms with E-state index in [1.54, 1.807) is 6.07 Å². The van der Waals surface area contributed by atoms with E-state index in [1.165, 1.54) is 0 Å². The number of alkyl halides is 3. The van der Waals surface area contributed by atoms with Gasteiger partial charge >= 0.3 is 6.18 Å². The van der Waals surface area contributed by atoms with E-state index in [1.807, 2.05) is 6.92 Å². The fourth-order valence-electron chi connectivity index (χ4n) is 1.44. The van der Waals surface area contributed by atoms with Crippen LogP contribution in [0.2, 0.25) is 0 Å². The van der Waals surface area contributed by atoms with Crippen molar-refractivity contribution in [1.82, 2.24) is 9.97 Å². The predicted octanol–water partition coefficient (Wildman–Crippen LogP) is 3.21. The molecule has 0 aliphatic rings. The number of H-pyrrole nitrogens is 1. The van der Waals surface area contributed by atoms with Crippen LogP contribution in [0.5, 0.6) is 0 Å². The zero-order valence-corrected chi connectivity index (χ0v) is 10.8. The highest BCUT2D eigenvalue weighted by atomic mass is 32.1. The lowest BCUT2D eigenvalue weighted by atomic mass is 10.2. The first-order valence-electron chi connectivity index (χ1n) is 5.64. The molecule has 0 aromatic carbocycles. The molecule has 0 saturated carbocycles. The topological polar surface area (TPSA) is 37.9 Å². The molecule has 18 heavy (non-hydrogen) atoms. The van der Waals surface area contributed by atoms with E-state index in [2.05, 4.69) is 14.7 Å². The summed E-state index contributed by atoms with van der Waals surface area (Å²) in [5.41, 5.74) is 0.948. The van der Waals surface area contributed by atoms with Gasteiger partial charge in [-0.15, -0.1) is 0 Å². The SMILES string of the molecule is CCCc1cc(=S)nc(CCOCC(F)(F)F)[nH]1. The molecule has 0 spiro atoms. The molecule has 0 amide bonds. The summed E-state index contributed by atoms with van der Waals surface area (Å²) >= 11 is 4.99. The van der Waals surface area contributed by atoms with Gasteiger partial charge in [-0.05, 0) is 12.5 Å². The molecule has 0 saturated heterocycles. The van der Waals surface area contributed by atoms with E-state index in [4.69, 9.17) is 12.2 Å². The van der Waals surface area contributed by atoms with Crippen molar-refractivity contribution in [3.63, 3.8) is 0 Å². The Bertz CT molecular complexity index is 431. The number of nitrogens with zero attached hydrogens (tertiary/aromatic N) is 1. The van der Waals surface area contributed by atoms with Gasteiger partial charge in [-0.2, -0.15) is 13.2 Å². The smallest absolute Gasteiger partial charge is 0.372 e. The Hall–Kier alpha value is -0.950. The van der Waals surface area contributed by atoms with Crippen molar-refractivity contribution in [1.29, 1.82) is 0 Å². The second-order valence-electron chi connectivity index (χ2n) is 3.86. The van der Waals surface area contributed by atoms with Crippen molar-refractivity contribution < 1.29 is 17.9 Å². The van der Waals surface area contributed by atoms with Crippen LogP contribution in [-0.2, 0) is 17.6 Å². The Morgan fingerprint density at radius 2 is 2.11 bits per heavy atom. The molecule has 1 N–H and O–H groups in total. The van der Waals surface area contributed by atoms with Crippen molar-refractivity contribution in [3.05, 3.63) is 22.2 Å². The molecule has 7 heteroatoms. The number of aromatic amines is 1. The second-order valence-corrected chi connectivity index (χ2v) is 4.28. The zero-order chi connectivity index (χ0) is 13.6. The number of rotatable bonds is 6. The lowest BCUT2D eigenvalue weighted by molar-refractivity contribution is -0.173. The Labute approximate surface area is 108 Å². The third-order valence-corrected chi connectivity index (χ3v) is 2.33. The summed E-state index contributed by atoms with van der Waals surface area (Å²) in [4.78, 5) is 7.09. The number of aryl methyl sites for hydroxylation is 1. The Balaban J connectivity index is 2.49. The Morgan fingerprint density at radius 3 is 2.72 bits per heavy atom. The van der Waals surface area contributed by atoms with Gasteiger partial charge in [-0.25, -0.2) is 4.98 Å². The highest BCUT2D eigenvalue weighted by Crippen LogP contribution is 2.14. The first-order chi connectivity index (χ1) is 8.40. The molecular weight excluding hydrogens is 265 g/mol. The van der Waals surface area contributed by atoms with Crippen LogP contribution in [0.3, 0.4) is 0 Å². The Kier molecular flexibility index (Phi) is 5.74. The third-order valence-electron chi connectivity index (χ3n) is 2.12. The molecule has 0 fully saturated rings. The van der Waals surface area contributed by atoms with Gasteiger partial charge < -0.3 is 9.72 Å². The average Bonchev–Trinajstić information content (AvgIpc) is 2.23. The molecule has 1 heterocycles.